The van der Waals surface area contributed by atoms with E-state index in [4.69, 9.17) is 0 Å². The molecule has 5 nitrogen and oxygen atoms in total. The van der Waals surface area contributed by atoms with E-state index >= 15 is 0 Å². The van der Waals surface area contributed by atoms with E-state index in [1.165, 1.54) is 0 Å². The molecule has 0 bridgehead atoms. The Hall–Kier alpha value is -2.60. The van der Waals surface area contributed by atoms with Crippen molar-refractivity contribution in [3.05, 3.63) is 76.7 Å². The Morgan fingerprint density at radius 1 is 1.20 bits per heavy atom. The molecule has 2 aromatic rings. The van der Waals surface area contributed by atoms with Crippen LogP contribution in [0.5, 0.6) is 0 Å². The van der Waals surface area contributed by atoms with Crippen molar-refractivity contribution in [1.82, 2.24) is 5.32 Å². The molecule has 0 radical (unpaired) electrons. The van der Waals surface area contributed by atoms with Gasteiger partial charge in [0.25, 0.3) is 5.91 Å². The van der Waals surface area contributed by atoms with Crippen LogP contribution in [0.2, 0.25) is 0 Å². The molecule has 0 saturated heterocycles. The highest BCUT2D eigenvalue weighted by Crippen LogP contribution is 2.40. The topological polar surface area (TPSA) is 75.3 Å². The van der Waals surface area contributed by atoms with Gasteiger partial charge in [-0.1, -0.05) is 55.5 Å². The molecule has 1 heterocycles. The number of nitrogens with one attached hydrogen (secondary N) is 2. The first kappa shape index (κ1) is 22.1. The summed E-state index contributed by atoms with van der Waals surface area (Å²) in [5, 5.41) is 7.69. The first-order valence-corrected chi connectivity index (χ1v) is 12.1. The Bertz CT molecular complexity index is 1040. The number of para-hydroxylation sites is 1. The maximum absolute atomic E-state index is 13.2. The zero-order valence-electron chi connectivity index (χ0n) is 18.0. The molecule has 0 fully saturated rings. The van der Waals surface area contributed by atoms with E-state index < -0.39 is 15.9 Å². The van der Waals surface area contributed by atoms with Crippen LogP contribution in [0.1, 0.15) is 54.6 Å². The van der Waals surface area contributed by atoms with Crippen molar-refractivity contribution < 1.29 is 13.2 Å². The number of hydrogen-bond acceptors (Lipinski definition) is 4. The van der Waals surface area contributed by atoms with E-state index in [1.807, 2.05) is 42.5 Å². The SMILES string of the molecule is C[C@@H]1CC(C)(C)Nc2c(C(=O)N[C@H](/C=C/S(C)(=O)=O)Cc3ccccc3)cccc21. The van der Waals surface area contributed by atoms with Gasteiger partial charge in [-0.05, 0) is 49.8 Å². The fourth-order valence-corrected chi connectivity index (χ4v) is 4.57. The minimum absolute atomic E-state index is 0.109. The monoisotopic (exact) mass is 426 g/mol. The molecule has 30 heavy (non-hydrogen) atoms. The maximum atomic E-state index is 13.2. The quantitative estimate of drug-likeness (QED) is 0.723. The summed E-state index contributed by atoms with van der Waals surface area (Å²) in [6, 6.07) is 15.0. The highest BCUT2D eigenvalue weighted by molar-refractivity contribution is 7.93. The lowest BCUT2D eigenvalue weighted by Gasteiger charge is -2.38. The molecular formula is C24H30N2O3S. The lowest BCUT2D eigenvalue weighted by Crippen LogP contribution is -2.40. The van der Waals surface area contributed by atoms with E-state index in [1.54, 1.807) is 6.08 Å². The van der Waals surface area contributed by atoms with Gasteiger partial charge in [-0.2, -0.15) is 0 Å². The molecule has 6 heteroatoms. The van der Waals surface area contributed by atoms with Crippen LogP contribution in [0.4, 0.5) is 5.69 Å². The number of sulfone groups is 1. The van der Waals surface area contributed by atoms with Gasteiger partial charge in [0, 0.05) is 17.2 Å². The second-order valence-corrected chi connectivity index (χ2v) is 10.7. The number of benzene rings is 2. The van der Waals surface area contributed by atoms with Crippen molar-refractivity contribution in [2.45, 2.75) is 51.1 Å². The minimum atomic E-state index is -3.29. The molecule has 0 spiro atoms. The van der Waals surface area contributed by atoms with E-state index in [2.05, 4.69) is 37.5 Å². The minimum Gasteiger partial charge on any atom is -0.379 e. The van der Waals surface area contributed by atoms with Crippen molar-refractivity contribution in [3.63, 3.8) is 0 Å². The standard InChI is InChI=1S/C24H30N2O3S/c1-17-16-24(2,3)26-22-20(17)11-8-12-21(22)23(27)25-19(13-14-30(4,28)29)15-18-9-6-5-7-10-18/h5-14,17,19,26H,15-16H2,1-4H3,(H,25,27)/b14-13+/t17-,19-/m1/s1. The second kappa shape index (κ2) is 8.64. The first-order chi connectivity index (χ1) is 14.0. The molecule has 0 aliphatic carbocycles. The van der Waals surface area contributed by atoms with Crippen molar-refractivity contribution >= 4 is 21.4 Å². The average molecular weight is 427 g/mol. The predicted octanol–water partition coefficient (Wildman–Crippen LogP) is 4.28. The van der Waals surface area contributed by atoms with Gasteiger partial charge >= 0.3 is 0 Å². The summed E-state index contributed by atoms with van der Waals surface area (Å²) in [6.45, 7) is 6.44. The molecule has 1 aliphatic heterocycles. The predicted molar refractivity (Wildman–Crippen MR) is 123 cm³/mol. The lowest BCUT2D eigenvalue weighted by molar-refractivity contribution is 0.0945. The van der Waals surface area contributed by atoms with E-state index in [9.17, 15) is 13.2 Å². The zero-order valence-corrected chi connectivity index (χ0v) is 18.8. The van der Waals surface area contributed by atoms with Gasteiger partial charge in [0.05, 0.1) is 17.3 Å². The summed E-state index contributed by atoms with van der Waals surface area (Å²) in [4.78, 5) is 13.2. The third-order valence-corrected chi connectivity index (χ3v) is 5.98. The summed E-state index contributed by atoms with van der Waals surface area (Å²) in [5.41, 5.74) is 3.49. The van der Waals surface area contributed by atoms with Crippen LogP contribution >= 0.6 is 0 Å². The number of fused-ring (bicyclic) bond motifs is 1. The third kappa shape index (κ3) is 5.72. The summed E-state index contributed by atoms with van der Waals surface area (Å²) >= 11 is 0. The number of carbonyl (C=O) groups is 1. The van der Waals surface area contributed by atoms with Crippen molar-refractivity contribution in [1.29, 1.82) is 0 Å². The highest BCUT2D eigenvalue weighted by Gasteiger charge is 2.32. The highest BCUT2D eigenvalue weighted by atomic mass is 32.2. The normalized spacial score (nSPS) is 19.0. The van der Waals surface area contributed by atoms with Crippen molar-refractivity contribution in [2.75, 3.05) is 11.6 Å². The van der Waals surface area contributed by atoms with Gasteiger partial charge in [0.15, 0.2) is 9.84 Å². The van der Waals surface area contributed by atoms with Gasteiger partial charge in [0.1, 0.15) is 0 Å². The molecule has 2 aromatic carbocycles. The van der Waals surface area contributed by atoms with Crippen molar-refractivity contribution in [2.24, 2.45) is 0 Å². The molecule has 0 unspecified atom stereocenters. The third-order valence-electron chi connectivity index (χ3n) is 5.33. The second-order valence-electron chi connectivity index (χ2n) is 8.81. The van der Waals surface area contributed by atoms with E-state index in [-0.39, 0.29) is 11.4 Å². The van der Waals surface area contributed by atoms with Crippen LogP contribution in [-0.4, -0.2) is 32.2 Å². The lowest BCUT2D eigenvalue weighted by atomic mass is 9.81. The molecule has 2 atom stereocenters. The average Bonchev–Trinajstić information content (AvgIpc) is 2.65. The molecular weight excluding hydrogens is 396 g/mol. The van der Waals surface area contributed by atoms with Gasteiger partial charge in [-0.25, -0.2) is 8.42 Å². The van der Waals surface area contributed by atoms with Gasteiger partial charge in [-0.3, -0.25) is 4.79 Å². The van der Waals surface area contributed by atoms with Gasteiger partial charge < -0.3 is 10.6 Å². The fourth-order valence-electron chi connectivity index (χ4n) is 4.09. The smallest absolute Gasteiger partial charge is 0.253 e. The van der Waals surface area contributed by atoms with Crippen molar-refractivity contribution in [3.8, 4) is 0 Å². The molecule has 1 aliphatic rings. The Balaban J connectivity index is 1.89. The number of hydrogen-bond donors (Lipinski definition) is 2. The number of amides is 1. The molecule has 160 valence electrons. The molecule has 0 saturated carbocycles. The van der Waals surface area contributed by atoms with Crippen LogP contribution in [-0.2, 0) is 16.3 Å². The Morgan fingerprint density at radius 2 is 1.90 bits per heavy atom. The largest absolute Gasteiger partial charge is 0.379 e. The number of anilines is 1. The van der Waals surface area contributed by atoms with Gasteiger partial charge in [-0.15, -0.1) is 0 Å². The number of rotatable bonds is 6. The van der Waals surface area contributed by atoms with Gasteiger partial charge in [0.2, 0.25) is 0 Å². The van der Waals surface area contributed by atoms with Crippen LogP contribution in [0.15, 0.2) is 60.0 Å². The van der Waals surface area contributed by atoms with Crippen LogP contribution in [0, 0.1) is 0 Å². The van der Waals surface area contributed by atoms with Crippen LogP contribution in [0.3, 0.4) is 0 Å². The van der Waals surface area contributed by atoms with E-state index in [0.29, 0.717) is 17.9 Å². The van der Waals surface area contributed by atoms with Crippen LogP contribution in [0.25, 0.3) is 0 Å². The Labute approximate surface area is 179 Å². The molecule has 3 rings (SSSR count). The van der Waals surface area contributed by atoms with Crippen LogP contribution < -0.4 is 10.6 Å². The van der Waals surface area contributed by atoms with E-state index in [0.717, 1.165) is 34.9 Å². The Morgan fingerprint density at radius 3 is 2.57 bits per heavy atom. The molecule has 0 aromatic heterocycles. The number of carbonyl (C=O) groups excluding carboxylic acids is 1. The fraction of sp³-hybridized carbons (Fsp3) is 0.375. The molecule has 1 amide bonds. The summed E-state index contributed by atoms with van der Waals surface area (Å²) in [7, 11) is -3.29. The zero-order chi connectivity index (χ0) is 21.9. The maximum Gasteiger partial charge on any atom is 0.253 e. The summed E-state index contributed by atoms with van der Waals surface area (Å²) < 4.78 is 23.3. The summed E-state index contributed by atoms with van der Waals surface area (Å²) in [5.74, 6) is 0.123. The summed E-state index contributed by atoms with van der Waals surface area (Å²) in [6.07, 6.45) is 4.18. The molecule has 2 N–H and O–H groups in total. The first-order valence-electron chi connectivity index (χ1n) is 10.2. The Kier molecular flexibility index (Phi) is 6.36.